The molecule has 0 spiro atoms. The summed E-state index contributed by atoms with van der Waals surface area (Å²) < 4.78 is 31.7. The van der Waals surface area contributed by atoms with Gasteiger partial charge in [-0.2, -0.15) is 13.2 Å². The van der Waals surface area contributed by atoms with Crippen LogP contribution in [0.1, 0.15) is 65.7 Å². The van der Waals surface area contributed by atoms with E-state index in [9.17, 15) is 27.9 Å². The quantitative estimate of drug-likeness (QED) is 0.212. The molecule has 2 aromatic carbocycles. The molecule has 238 valence electrons. The number of nitrogens with zero attached hydrogens (tertiary/aromatic N) is 2. The SMILES string of the molecule is Cc1ccccc1-c1cc(CN(C)CCC2CCCCC2)ccc1C(=O)N[C@@H](Cc1cnc[nH]1)C(=O)O.O=C(O)C(F)(F)F. The standard InChI is InChI=1S/C30H38N4O3.C2HF3O2/c1-21-8-6-7-11-25(21)27-16-23(19-34(2)15-14-22-9-4-3-5-10-22)12-13-26(27)29(35)33-28(30(36)37)17-24-18-31-20-32-24;3-2(4,5)1(6)7/h6-8,11-13,16,18,20,22,28H,3-5,9-10,14-15,17,19H2,1-2H3,(H,31,32)(H,33,35)(H,36,37);(H,6,7)/t28-;/m0./s1. The number of carboxylic acids is 2. The number of nitrogens with one attached hydrogen (secondary N) is 2. The van der Waals surface area contributed by atoms with Crippen LogP contribution in [0.25, 0.3) is 11.1 Å². The van der Waals surface area contributed by atoms with Crippen molar-refractivity contribution in [2.45, 2.75) is 70.6 Å². The van der Waals surface area contributed by atoms with E-state index in [-0.39, 0.29) is 6.42 Å². The van der Waals surface area contributed by atoms with Gasteiger partial charge in [0.25, 0.3) is 5.91 Å². The second-order valence-electron chi connectivity index (χ2n) is 11.2. The Hall–Kier alpha value is -4.19. The van der Waals surface area contributed by atoms with Crippen molar-refractivity contribution < 1.29 is 37.8 Å². The first kappa shape index (κ1) is 34.3. The zero-order valence-corrected chi connectivity index (χ0v) is 24.9. The van der Waals surface area contributed by atoms with Gasteiger partial charge >= 0.3 is 18.1 Å². The highest BCUT2D eigenvalue weighted by molar-refractivity contribution is 6.02. The van der Waals surface area contributed by atoms with E-state index in [1.807, 2.05) is 43.3 Å². The summed E-state index contributed by atoms with van der Waals surface area (Å²) in [6, 6.07) is 12.8. The van der Waals surface area contributed by atoms with Crippen molar-refractivity contribution in [2.24, 2.45) is 5.92 Å². The minimum absolute atomic E-state index is 0.130. The molecule has 0 radical (unpaired) electrons. The van der Waals surface area contributed by atoms with Gasteiger partial charge in [0.05, 0.1) is 6.33 Å². The number of rotatable bonds is 11. The summed E-state index contributed by atoms with van der Waals surface area (Å²) >= 11 is 0. The summed E-state index contributed by atoms with van der Waals surface area (Å²) in [7, 11) is 2.16. The van der Waals surface area contributed by atoms with Gasteiger partial charge in [0, 0.05) is 30.4 Å². The average Bonchev–Trinajstić information content (AvgIpc) is 3.49. The van der Waals surface area contributed by atoms with E-state index in [4.69, 9.17) is 9.90 Å². The fourth-order valence-electron chi connectivity index (χ4n) is 5.31. The van der Waals surface area contributed by atoms with E-state index in [1.165, 1.54) is 44.9 Å². The molecule has 0 saturated heterocycles. The lowest BCUT2D eigenvalue weighted by atomic mass is 9.87. The first-order valence-corrected chi connectivity index (χ1v) is 14.5. The van der Waals surface area contributed by atoms with Crippen LogP contribution in [-0.2, 0) is 22.6 Å². The van der Waals surface area contributed by atoms with E-state index in [1.54, 1.807) is 6.20 Å². The van der Waals surface area contributed by atoms with Gasteiger partial charge in [0.2, 0.25) is 0 Å². The molecule has 1 aliphatic carbocycles. The van der Waals surface area contributed by atoms with Crippen molar-refractivity contribution in [3.63, 3.8) is 0 Å². The lowest BCUT2D eigenvalue weighted by molar-refractivity contribution is -0.192. The molecule has 1 saturated carbocycles. The summed E-state index contributed by atoms with van der Waals surface area (Å²) in [5.41, 5.74) is 5.11. The zero-order valence-electron chi connectivity index (χ0n) is 24.9. The van der Waals surface area contributed by atoms with Crippen LogP contribution in [0, 0.1) is 12.8 Å². The number of hydrogen-bond acceptors (Lipinski definition) is 5. The van der Waals surface area contributed by atoms with Crippen LogP contribution in [0.4, 0.5) is 13.2 Å². The number of amides is 1. The van der Waals surface area contributed by atoms with Crippen LogP contribution < -0.4 is 5.32 Å². The number of halogens is 3. The number of carbonyl (C=O) groups is 3. The summed E-state index contributed by atoms with van der Waals surface area (Å²) in [6.45, 7) is 3.88. The number of H-pyrrole nitrogens is 1. The van der Waals surface area contributed by atoms with Gasteiger partial charge in [-0.1, -0.05) is 62.4 Å². The molecule has 0 bridgehead atoms. The molecular weight excluding hydrogens is 577 g/mol. The molecule has 0 unspecified atom stereocenters. The summed E-state index contributed by atoms with van der Waals surface area (Å²) in [6.07, 6.45) is 6.16. The largest absolute Gasteiger partial charge is 0.490 e. The molecule has 4 N–H and O–H groups in total. The summed E-state index contributed by atoms with van der Waals surface area (Å²) in [5, 5.41) is 19.6. The maximum absolute atomic E-state index is 13.4. The third-order valence-electron chi connectivity index (χ3n) is 7.68. The molecule has 1 amide bonds. The lowest BCUT2D eigenvalue weighted by Gasteiger charge is -2.25. The molecule has 1 aromatic heterocycles. The summed E-state index contributed by atoms with van der Waals surface area (Å²) in [4.78, 5) is 43.4. The van der Waals surface area contributed by atoms with Gasteiger partial charge in [-0.25, -0.2) is 14.6 Å². The van der Waals surface area contributed by atoms with Crippen molar-refractivity contribution in [3.8, 4) is 11.1 Å². The third-order valence-corrected chi connectivity index (χ3v) is 7.68. The first-order chi connectivity index (χ1) is 20.8. The Balaban J connectivity index is 0.000000676. The van der Waals surface area contributed by atoms with Crippen molar-refractivity contribution in [2.75, 3.05) is 13.6 Å². The Morgan fingerprint density at radius 1 is 1.07 bits per heavy atom. The van der Waals surface area contributed by atoms with Crippen LogP contribution in [0.3, 0.4) is 0 Å². The van der Waals surface area contributed by atoms with Gasteiger partial charge in [-0.3, -0.25) is 4.79 Å². The fraction of sp³-hybridized carbons (Fsp3) is 0.438. The second-order valence-corrected chi connectivity index (χ2v) is 11.2. The number of aliphatic carboxylic acids is 2. The van der Waals surface area contributed by atoms with Crippen LogP contribution in [0.2, 0.25) is 0 Å². The minimum Gasteiger partial charge on any atom is -0.480 e. The van der Waals surface area contributed by atoms with E-state index in [0.717, 1.165) is 41.3 Å². The predicted molar refractivity (Wildman–Crippen MR) is 159 cm³/mol. The second kappa shape index (κ2) is 16.0. The van der Waals surface area contributed by atoms with Crippen LogP contribution in [0.5, 0.6) is 0 Å². The van der Waals surface area contributed by atoms with Gasteiger partial charge in [0.15, 0.2) is 0 Å². The predicted octanol–water partition coefficient (Wildman–Crippen LogP) is 5.85. The Morgan fingerprint density at radius 3 is 2.34 bits per heavy atom. The number of carbonyl (C=O) groups excluding carboxylic acids is 1. The number of benzene rings is 2. The van der Waals surface area contributed by atoms with E-state index >= 15 is 0 Å². The number of aromatic nitrogens is 2. The van der Waals surface area contributed by atoms with Crippen molar-refractivity contribution >= 4 is 17.8 Å². The normalized spacial score (nSPS) is 14.4. The number of carboxylic acid groups (broad SMARTS) is 2. The average molecular weight is 617 g/mol. The molecular formula is C32H39F3N4O5. The Morgan fingerprint density at radius 2 is 1.75 bits per heavy atom. The molecule has 1 heterocycles. The smallest absolute Gasteiger partial charge is 0.480 e. The first-order valence-electron chi connectivity index (χ1n) is 14.5. The third kappa shape index (κ3) is 10.5. The number of imidazole rings is 1. The monoisotopic (exact) mass is 616 g/mol. The van der Waals surface area contributed by atoms with Crippen molar-refractivity contribution in [1.82, 2.24) is 20.2 Å². The highest BCUT2D eigenvalue weighted by Crippen LogP contribution is 2.30. The van der Waals surface area contributed by atoms with Crippen LogP contribution >= 0.6 is 0 Å². The molecule has 4 rings (SSSR count). The number of aromatic amines is 1. The van der Waals surface area contributed by atoms with Crippen LogP contribution in [-0.4, -0.2) is 68.7 Å². The molecule has 0 aliphatic heterocycles. The molecule has 1 aliphatic rings. The highest BCUT2D eigenvalue weighted by atomic mass is 19.4. The number of alkyl halides is 3. The molecule has 44 heavy (non-hydrogen) atoms. The van der Waals surface area contributed by atoms with Gasteiger partial charge in [-0.15, -0.1) is 0 Å². The van der Waals surface area contributed by atoms with E-state index in [0.29, 0.717) is 11.3 Å². The van der Waals surface area contributed by atoms with Crippen LogP contribution in [0.15, 0.2) is 55.0 Å². The van der Waals surface area contributed by atoms with Gasteiger partial charge < -0.3 is 25.4 Å². The minimum atomic E-state index is -5.08. The van der Waals surface area contributed by atoms with E-state index < -0.39 is 30.1 Å². The molecule has 3 aromatic rings. The Bertz CT molecular complexity index is 1390. The van der Waals surface area contributed by atoms with Gasteiger partial charge in [0.1, 0.15) is 6.04 Å². The zero-order chi connectivity index (χ0) is 32.3. The maximum Gasteiger partial charge on any atom is 0.490 e. The molecule has 12 heteroatoms. The topological polar surface area (TPSA) is 136 Å². The Kier molecular flexibility index (Phi) is 12.5. The van der Waals surface area contributed by atoms with Gasteiger partial charge in [-0.05, 0) is 67.2 Å². The fourth-order valence-corrected chi connectivity index (χ4v) is 5.31. The van der Waals surface area contributed by atoms with E-state index in [2.05, 4.69) is 33.3 Å². The Labute approximate surface area is 254 Å². The van der Waals surface area contributed by atoms with Crippen molar-refractivity contribution in [3.05, 3.63) is 77.4 Å². The molecule has 9 nitrogen and oxygen atoms in total. The lowest BCUT2D eigenvalue weighted by Crippen LogP contribution is -2.42. The number of aryl methyl sites for hydroxylation is 1. The summed E-state index contributed by atoms with van der Waals surface area (Å²) in [5.74, 6) is -3.40. The highest BCUT2D eigenvalue weighted by Gasteiger charge is 2.38. The molecule has 1 atom stereocenters. The number of hydrogen-bond donors (Lipinski definition) is 4. The molecule has 1 fully saturated rings. The maximum atomic E-state index is 13.4. The van der Waals surface area contributed by atoms with Crippen molar-refractivity contribution in [1.29, 1.82) is 0 Å².